The summed E-state index contributed by atoms with van der Waals surface area (Å²) in [6.07, 6.45) is 3.54. The van der Waals surface area contributed by atoms with Gasteiger partial charge in [0.25, 0.3) is 0 Å². The Balaban J connectivity index is 1.20. The van der Waals surface area contributed by atoms with Gasteiger partial charge in [0.1, 0.15) is 17.3 Å². The number of pyridine rings is 1. The molecule has 2 aromatic heterocycles. The standard InChI is InChI=1S/C28H22N4O/c1-2-7-23(8-3-1)33-24-13-10-21(11-14-24)27-28(30-17-16-29-27)22-18-32(19-22)26-15-12-20-6-4-5-9-25(20)31-26/h1-17,22H,18-19H2. The zero-order chi connectivity index (χ0) is 22.0. The summed E-state index contributed by atoms with van der Waals surface area (Å²) in [7, 11) is 0. The second-order valence-corrected chi connectivity index (χ2v) is 8.19. The molecule has 0 amide bonds. The van der Waals surface area contributed by atoms with E-state index in [1.165, 1.54) is 0 Å². The van der Waals surface area contributed by atoms with Gasteiger partial charge < -0.3 is 9.64 Å². The molecule has 6 rings (SSSR count). The topological polar surface area (TPSA) is 51.1 Å². The van der Waals surface area contributed by atoms with E-state index in [4.69, 9.17) is 14.7 Å². The lowest BCUT2D eigenvalue weighted by Crippen LogP contribution is -2.46. The van der Waals surface area contributed by atoms with E-state index in [2.05, 4.69) is 34.1 Å². The van der Waals surface area contributed by atoms with Gasteiger partial charge in [-0.2, -0.15) is 0 Å². The van der Waals surface area contributed by atoms with Crippen LogP contribution in [0.5, 0.6) is 11.5 Å². The molecule has 0 bridgehead atoms. The smallest absolute Gasteiger partial charge is 0.129 e. The van der Waals surface area contributed by atoms with Crippen molar-refractivity contribution in [1.29, 1.82) is 0 Å². The Hall–Kier alpha value is -4.25. The summed E-state index contributed by atoms with van der Waals surface area (Å²) in [6.45, 7) is 1.76. The van der Waals surface area contributed by atoms with Gasteiger partial charge in [-0.3, -0.25) is 9.97 Å². The fourth-order valence-electron chi connectivity index (χ4n) is 4.25. The highest BCUT2D eigenvalue weighted by atomic mass is 16.5. The number of hydrogen-bond acceptors (Lipinski definition) is 5. The Morgan fingerprint density at radius 1 is 0.697 bits per heavy atom. The number of benzene rings is 3. The SMILES string of the molecule is c1ccc(Oc2ccc(-c3nccnc3C3CN(c4ccc5ccccc5n4)C3)cc2)cc1. The minimum atomic E-state index is 0.321. The quantitative estimate of drug-likeness (QED) is 0.338. The van der Waals surface area contributed by atoms with Crippen LogP contribution in [-0.4, -0.2) is 28.0 Å². The molecule has 0 unspecified atom stereocenters. The second-order valence-electron chi connectivity index (χ2n) is 8.19. The zero-order valence-electron chi connectivity index (χ0n) is 18.0. The van der Waals surface area contributed by atoms with Crippen LogP contribution in [0.4, 0.5) is 5.82 Å². The van der Waals surface area contributed by atoms with E-state index >= 15 is 0 Å². The van der Waals surface area contributed by atoms with Gasteiger partial charge in [-0.25, -0.2) is 4.98 Å². The average Bonchev–Trinajstić information content (AvgIpc) is 2.85. The fourth-order valence-corrected chi connectivity index (χ4v) is 4.25. The van der Waals surface area contributed by atoms with Crippen LogP contribution in [0.1, 0.15) is 11.6 Å². The van der Waals surface area contributed by atoms with Gasteiger partial charge in [-0.05, 0) is 54.6 Å². The highest BCUT2D eigenvalue weighted by molar-refractivity contribution is 5.80. The molecule has 0 aliphatic carbocycles. The van der Waals surface area contributed by atoms with Crippen molar-refractivity contribution in [1.82, 2.24) is 15.0 Å². The molecule has 0 N–H and O–H groups in total. The maximum absolute atomic E-state index is 5.92. The van der Waals surface area contributed by atoms with Crippen molar-refractivity contribution in [2.75, 3.05) is 18.0 Å². The van der Waals surface area contributed by atoms with Gasteiger partial charge in [0.05, 0.1) is 16.9 Å². The van der Waals surface area contributed by atoms with Gasteiger partial charge in [0, 0.05) is 42.4 Å². The Bertz CT molecular complexity index is 1400. The Morgan fingerprint density at radius 2 is 1.42 bits per heavy atom. The number of para-hydroxylation sites is 2. The maximum atomic E-state index is 5.92. The van der Waals surface area contributed by atoms with Gasteiger partial charge in [-0.1, -0.05) is 36.4 Å². The van der Waals surface area contributed by atoms with Gasteiger partial charge in [0.15, 0.2) is 0 Å². The normalized spacial score (nSPS) is 13.6. The van der Waals surface area contributed by atoms with Crippen molar-refractivity contribution in [2.45, 2.75) is 5.92 Å². The zero-order valence-corrected chi connectivity index (χ0v) is 18.0. The summed E-state index contributed by atoms with van der Waals surface area (Å²) >= 11 is 0. The number of anilines is 1. The molecule has 1 saturated heterocycles. The molecule has 0 radical (unpaired) electrons. The molecule has 0 atom stereocenters. The molecule has 5 aromatic rings. The predicted molar refractivity (Wildman–Crippen MR) is 131 cm³/mol. The van der Waals surface area contributed by atoms with Gasteiger partial charge >= 0.3 is 0 Å². The van der Waals surface area contributed by atoms with E-state index in [0.717, 1.165) is 58.3 Å². The third-order valence-corrected chi connectivity index (χ3v) is 6.01. The molecule has 3 heterocycles. The van der Waals surface area contributed by atoms with Crippen LogP contribution in [0.15, 0.2) is 103 Å². The minimum absolute atomic E-state index is 0.321. The van der Waals surface area contributed by atoms with E-state index in [1.54, 1.807) is 12.4 Å². The van der Waals surface area contributed by atoms with E-state index < -0.39 is 0 Å². The fraction of sp³-hybridized carbons (Fsp3) is 0.107. The molecular weight excluding hydrogens is 408 g/mol. The molecule has 1 aliphatic rings. The van der Waals surface area contributed by atoms with Crippen LogP contribution in [0, 0.1) is 0 Å². The number of aromatic nitrogens is 3. The maximum Gasteiger partial charge on any atom is 0.129 e. The molecule has 0 spiro atoms. The first-order chi connectivity index (χ1) is 16.3. The Kier molecular flexibility index (Phi) is 4.92. The predicted octanol–water partition coefficient (Wildman–Crippen LogP) is 6.09. The number of rotatable bonds is 5. The lowest BCUT2D eigenvalue weighted by atomic mass is 9.92. The van der Waals surface area contributed by atoms with Crippen LogP contribution >= 0.6 is 0 Å². The van der Waals surface area contributed by atoms with Gasteiger partial charge in [-0.15, -0.1) is 0 Å². The average molecular weight is 431 g/mol. The van der Waals surface area contributed by atoms with Crippen molar-refractivity contribution < 1.29 is 4.74 Å². The van der Waals surface area contributed by atoms with Crippen molar-refractivity contribution >= 4 is 16.7 Å². The highest BCUT2D eigenvalue weighted by Gasteiger charge is 2.32. The van der Waals surface area contributed by atoms with Crippen LogP contribution in [0.25, 0.3) is 22.2 Å². The molecule has 160 valence electrons. The third-order valence-electron chi connectivity index (χ3n) is 6.01. The van der Waals surface area contributed by atoms with Gasteiger partial charge in [0.2, 0.25) is 0 Å². The number of nitrogens with zero attached hydrogens (tertiary/aromatic N) is 4. The highest BCUT2D eigenvalue weighted by Crippen LogP contribution is 2.35. The largest absolute Gasteiger partial charge is 0.457 e. The second kappa shape index (κ2) is 8.36. The van der Waals surface area contributed by atoms with E-state index in [0.29, 0.717) is 5.92 Å². The molecule has 1 fully saturated rings. The molecule has 0 saturated carbocycles. The van der Waals surface area contributed by atoms with E-state index in [-0.39, 0.29) is 0 Å². The van der Waals surface area contributed by atoms with Crippen LogP contribution in [-0.2, 0) is 0 Å². The first-order valence-corrected chi connectivity index (χ1v) is 11.1. The van der Waals surface area contributed by atoms with Crippen molar-refractivity contribution in [3.8, 4) is 22.8 Å². The van der Waals surface area contributed by atoms with Crippen molar-refractivity contribution in [3.63, 3.8) is 0 Å². The molecule has 3 aromatic carbocycles. The van der Waals surface area contributed by atoms with E-state index in [9.17, 15) is 0 Å². The molecular formula is C28H22N4O. The summed E-state index contributed by atoms with van der Waals surface area (Å²) in [6, 6.07) is 30.3. The summed E-state index contributed by atoms with van der Waals surface area (Å²) < 4.78 is 5.92. The van der Waals surface area contributed by atoms with E-state index in [1.807, 2.05) is 66.7 Å². The summed E-state index contributed by atoms with van der Waals surface area (Å²) in [5, 5.41) is 1.16. The third kappa shape index (κ3) is 3.89. The number of hydrogen-bond donors (Lipinski definition) is 0. The summed E-state index contributed by atoms with van der Waals surface area (Å²) in [4.78, 5) is 16.5. The number of ether oxygens (including phenoxy) is 1. The number of fused-ring (bicyclic) bond motifs is 1. The Morgan fingerprint density at radius 3 is 2.27 bits per heavy atom. The lowest BCUT2D eigenvalue weighted by molar-refractivity contribution is 0.483. The molecule has 1 aliphatic heterocycles. The molecule has 33 heavy (non-hydrogen) atoms. The first-order valence-electron chi connectivity index (χ1n) is 11.1. The Labute approximate surface area is 192 Å². The first kappa shape index (κ1) is 19.4. The monoisotopic (exact) mass is 430 g/mol. The van der Waals surface area contributed by atoms with Crippen molar-refractivity contribution in [3.05, 3.63) is 109 Å². The van der Waals surface area contributed by atoms with Crippen LogP contribution in [0.3, 0.4) is 0 Å². The van der Waals surface area contributed by atoms with Crippen molar-refractivity contribution in [2.24, 2.45) is 0 Å². The summed E-state index contributed by atoms with van der Waals surface area (Å²) in [5.41, 5.74) is 4.03. The minimum Gasteiger partial charge on any atom is -0.457 e. The molecule has 5 nitrogen and oxygen atoms in total. The van der Waals surface area contributed by atoms with Crippen LogP contribution < -0.4 is 9.64 Å². The lowest BCUT2D eigenvalue weighted by Gasteiger charge is -2.40. The van der Waals surface area contributed by atoms with Crippen LogP contribution in [0.2, 0.25) is 0 Å². The summed E-state index contributed by atoms with van der Waals surface area (Å²) in [5.74, 6) is 2.95. The molecule has 5 heteroatoms.